The fourth-order valence-electron chi connectivity index (χ4n) is 1.90. The zero-order valence-corrected chi connectivity index (χ0v) is 11.3. The molecule has 5 heteroatoms. The first-order chi connectivity index (χ1) is 9.63. The molecular formula is C15H10ClNO3. The van der Waals surface area contributed by atoms with Crippen molar-refractivity contribution in [2.45, 2.75) is 6.92 Å². The van der Waals surface area contributed by atoms with E-state index in [2.05, 4.69) is 4.98 Å². The van der Waals surface area contributed by atoms with Crippen molar-refractivity contribution in [2.24, 2.45) is 0 Å². The topological polar surface area (TPSA) is 52.3 Å². The predicted octanol–water partition coefficient (Wildman–Crippen LogP) is 4.07. The first-order valence-corrected chi connectivity index (χ1v) is 6.35. The van der Waals surface area contributed by atoms with Gasteiger partial charge in [-0.2, -0.15) is 0 Å². The van der Waals surface area contributed by atoms with Crippen LogP contribution < -0.4 is 4.74 Å². The molecule has 0 saturated heterocycles. The summed E-state index contributed by atoms with van der Waals surface area (Å²) in [5.74, 6) is 0.322. The Morgan fingerprint density at radius 3 is 2.80 bits per heavy atom. The highest BCUT2D eigenvalue weighted by Gasteiger charge is 2.15. The van der Waals surface area contributed by atoms with Gasteiger partial charge in [0.05, 0.1) is 5.56 Å². The second kappa shape index (κ2) is 4.98. The highest BCUT2D eigenvalue weighted by molar-refractivity contribution is 6.30. The number of para-hydroxylation sites is 2. The van der Waals surface area contributed by atoms with E-state index in [1.165, 1.54) is 6.92 Å². The van der Waals surface area contributed by atoms with Crippen molar-refractivity contribution in [3.05, 3.63) is 47.5 Å². The van der Waals surface area contributed by atoms with Gasteiger partial charge in [-0.15, -0.1) is 0 Å². The Balaban J connectivity index is 2.16. The van der Waals surface area contributed by atoms with Gasteiger partial charge < -0.3 is 9.15 Å². The van der Waals surface area contributed by atoms with Crippen molar-refractivity contribution in [3.8, 4) is 17.2 Å². The molecular weight excluding hydrogens is 278 g/mol. The zero-order chi connectivity index (χ0) is 14.1. The van der Waals surface area contributed by atoms with Crippen LogP contribution in [0.25, 0.3) is 22.6 Å². The van der Waals surface area contributed by atoms with Gasteiger partial charge in [0.1, 0.15) is 11.3 Å². The average Bonchev–Trinajstić information content (AvgIpc) is 2.84. The third-order valence-corrected chi connectivity index (χ3v) is 2.95. The summed E-state index contributed by atoms with van der Waals surface area (Å²) >= 11 is 5.99. The maximum Gasteiger partial charge on any atom is 0.308 e. The molecule has 0 bridgehead atoms. The predicted molar refractivity (Wildman–Crippen MR) is 75.8 cm³/mol. The first kappa shape index (κ1) is 12.7. The van der Waals surface area contributed by atoms with E-state index in [1.807, 2.05) is 24.3 Å². The minimum Gasteiger partial charge on any atom is -0.436 e. The number of carbonyl (C=O) groups is 1. The summed E-state index contributed by atoms with van der Waals surface area (Å²) in [6.07, 6.45) is 0. The maximum atomic E-state index is 11.1. The number of esters is 1. The summed E-state index contributed by atoms with van der Waals surface area (Å²) in [5, 5.41) is 0.512. The molecule has 2 aromatic carbocycles. The lowest BCUT2D eigenvalue weighted by molar-refractivity contribution is -0.131. The largest absolute Gasteiger partial charge is 0.436 e. The maximum absolute atomic E-state index is 11.1. The Morgan fingerprint density at radius 1 is 1.25 bits per heavy atom. The standard InChI is InChI=1S/C15H10ClNO3/c1-9(18)19-13-7-6-10(16)8-11(13)15-17-12-4-2-3-5-14(12)20-15/h2-8H,1H3. The summed E-state index contributed by atoms with van der Waals surface area (Å²) < 4.78 is 10.8. The summed E-state index contributed by atoms with van der Waals surface area (Å²) in [4.78, 5) is 15.5. The molecule has 0 aliphatic carbocycles. The number of carbonyl (C=O) groups excluding carboxylic acids is 1. The van der Waals surface area contributed by atoms with Crippen LogP contribution in [-0.2, 0) is 4.79 Å². The fraction of sp³-hybridized carbons (Fsp3) is 0.0667. The van der Waals surface area contributed by atoms with Crippen molar-refractivity contribution < 1.29 is 13.9 Å². The summed E-state index contributed by atoms with van der Waals surface area (Å²) in [6.45, 7) is 1.34. The number of fused-ring (bicyclic) bond motifs is 1. The molecule has 0 amide bonds. The van der Waals surface area contributed by atoms with Crippen LogP contribution in [0, 0.1) is 0 Å². The van der Waals surface area contributed by atoms with Crippen molar-refractivity contribution in [1.82, 2.24) is 4.98 Å². The first-order valence-electron chi connectivity index (χ1n) is 5.97. The van der Waals surface area contributed by atoms with Crippen molar-refractivity contribution >= 4 is 28.7 Å². The fourth-order valence-corrected chi connectivity index (χ4v) is 2.07. The molecule has 0 N–H and O–H groups in total. The Hall–Kier alpha value is -2.33. The quantitative estimate of drug-likeness (QED) is 0.526. The van der Waals surface area contributed by atoms with Crippen LogP contribution in [0.3, 0.4) is 0 Å². The number of nitrogens with zero attached hydrogens (tertiary/aromatic N) is 1. The van der Waals surface area contributed by atoms with E-state index in [9.17, 15) is 4.79 Å². The van der Waals surface area contributed by atoms with Gasteiger partial charge >= 0.3 is 5.97 Å². The van der Waals surface area contributed by atoms with Crippen LogP contribution in [0.5, 0.6) is 5.75 Å². The lowest BCUT2D eigenvalue weighted by atomic mass is 10.2. The second-order valence-corrected chi connectivity index (χ2v) is 4.66. The van der Waals surface area contributed by atoms with Gasteiger partial charge in [-0.3, -0.25) is 4.79 Å². The molecule has 0 saturated carbocycles. The molecule has 0 fully saturated rings. The third kappa shape index (κ3) is 2.38. The summed E-state index contributed by atoms with van der Waals surface area (Å²) in [5.41, 5.74) is 1.94. The van der Waals surface area contributed by atoms with Crippen LogP contribution in [0.4, 0.5) is 0 Å². The Labute approximate surface area is 119 Å². The molecule has 3 rings (SSSR count). The molecule has 0 spiro atoms. The highest BCUT2D eigenvalue weighted by Crippen LogP contribution is 2.34. The van der Waals surface area contributed by atoms with Gasteiger partial charge in [0.15, 0.2) is 5.58 Å². The van der Waals surface area contributed by atoms with Crippen molar-refractivity contribution in [2.75, 3.05) is 0 Å². The van der Waals surface area contributed by atoms with Crippen molar-refractivity contribution in [3.63, 3.8) is 0 Å². The number of halogens is 1. The normalized spacial score (nSPS) is 10.7. The minimum atomic E-state index is -0.412. The molecule has 20 heavy (non-hydrogen) atoms. The zero-order valence-electron chi connectivity index (χ0n) is 10.6. The molecule has 1 aromatic heterocycles. The van der Waals surface area contributed by atoms with Crippen LogP contribution in [0.2, 0.25) is 5.02 Å². The van der Waals surface area contributed by atoms with Gasteiger partial charge in [0.2, 0.25) is 5.89 Å². The number of rotatable bonds is 2. The molecule has 4 nitrogen and oxygen atoms in total. The molecule has 0 radical (unpaired) electrons. The van der Waals surface area contributed by atoms with Gasteiger partial charge in [-0.05, 0) is 30.3 Å². The number of aromatic nitrogens is 1. The van der Waals surface area contributed by atoms with E-state index in [1.54, 1.807) is 18.2 Å². The number of hydrogen-bond acceptors (Lipinski definition) is 4. The molecule has 3 aromatic rings. The van der Waals surface area contributed by atoms with Gasteiger partial charge in [0.25, 0.3) is 0 Å². The van der Waals surface area contributed by atoms with E-state index in [0.29, 0.717) is 27.8 Å². The van der Waals surface area contributed by atoms with E-state index in [4.69, 9.17) is 20.8 Å². The average molecular weight is 288 g/mol. The second-order valence-electron chi connectivity index (χ2n) is 4.22. The van der Waals surface area contributed by atoms with E-state index >= 15 is 0 Å². The van der Waals surface area contributed by atoms with Crippen LogP contribution in [0.1, 0.15) is 6.92 Å². The van der Waals surface area contributed by atoms with Crippen LogP contribution in [0.15, 0.2) is 46.9 Å². The smallest absolute Gasteiger partial charge is 0.308 e. The number of ether oxygens (including phenoxy) is 1. The monoisotopic (exact) mass is 287 g/mol. The summed E-state index contributed by atoms with van der Waals surface area (Å²) in [7, 11) is 0. The Kier molecular flexibility index (Phi) is 3.16. The third-order valence-electron chi connectivity index (χ3n) is 2.72. The van der Waals surface area contributed by atoms with Crippen LogP contribution in [-0.4, -0.2) is 11.0 Å². The number of benzene rings is 2. The Morgan fingerprint density at radius 2 is 2.05 bits per heavy atom. The molecule has 1 heterocycles. The number of hydrogen-bond donors (Lipinski definition) is 0. The molecule has 0 unspecified atom stereocenters. The number of oxazole rings is 1. The molecule has 0 atom stereocenters. The van der Waals surface area contributed by atoms with Crippen molar-refractivity contribution in [1.29, 1.82) is 0 Å². The Bertz CT molecular complexity index is 762. The SMILES string of the molecule is CC(=O)Oc1ccc(Cl)cc1-c1nc2ccccc2o1. The molecule has 0 aliphatic rings. The minimum absolute atomic E-state index is 0.366. The van der Waals surface area contributed by atoms with Gasteiger partial charge in [0, 0.05) is 11.9 Å². The van der Waals surface area contributed by atoms with Crippen LogP contribution >= 0.6 is 11.6 Å². The van der Waals surface area contributed by atoms with E-state index < -0.39 is 5.97 Å². The lowest BCUT2D eigenvalue weighted by Gasteiger charge is -2.06. The van der Waals surface area contributed by atoms with Gasteiger partial charge in [-0.25, -0.2) is 4.98 Å². The summed E-state index contributed by atoms with van der Waals surface area (Å²) in [6, 6.07) is 12.3. The molecule has 0 aliphatic heterocycles. The van der Waals surface area contributed by atoms with Gasteiger partial charge in [-0.1, -0.05) is 23.7 Å². The molecule has 100 valence electrons. The lowest BCUT2D eigenvalue weighted by Crippen LogP contribution is -2.02. The van der Waals surface area contributed by atoms with E-state index in [0.717, 1.165) is 5.52 Å². The van der Waals surface area contributed by atoms with E-state index in [-0.39, 0.29) is 0 Å². The highest BCUT2D eigenvalue weighted by atomic mass is 35.5.